The SMILES string of the molecule is COc1cc(C(c2ccccc2C(F)(F)F)N2CCCCC2C(=O)O)ccc1OCc1ccccc1. The predicted molar refractivity (Wildman–Crippen MR) is 129 cm³/mol. The van der Waals surface area contributed by atoms with Crippen molar-refractivity contribution in [3.05, 3.63) is 95.1 Å². The van der Waals surface area contributed by atoms with Crippen LogP contribution in [0.2, 0.25) is 0 Å². The van der Waals surface area contributed by atoms with Gasteiger partial charge in [-0.3, -0.25) is 9.69 Å². The van der Waals surface area contributed by atoms with Gasteiger partial charge in [0.05, 0.1) is 18.7 Å². The molecule has 3 aromatic carbocycles. The molecule has 1 heterocycles. The topological polar surface area (TPSA) is 59.0 Å². The zero-order chi connectivity index (χ0) is 25.7. The molecule has 2 unspecified atom stereocenters. The molecular weight excluding hydrogens is 471 g/mol. The van der Waals surface area contributed by atoms with Crippen LogP contribution in [0.25, 0.3) is 0 Å². The fourth-order valence-corrected chi connectivity index (χ4v) is 4.78. The summed E-state index contributed by atoms with van der Waals surface area (Å²) < 4.78 is 53.6. The first-order chi connectivity index (χ1) is 17.3. The maximum Gasteiger partial charge on any atom is 0.416 e. The highest BCUT2D eigenvalue weighted by atomic mass is 19.4. The molecule has 5 nitrogen and oxygen atoms in total. The highest BCUT2D eigenvalue weighted by Crippen LogP contribution is 2.43. The molecule has 0 amide bonds. The number of carbonyl (C=O) groups is 1. The first kappa shape index (κ1) is 25.6. The van der Waals surface area contributed by atoms with Crippen LogP contribution in [-0.2, 0) is 17.6 Å². The van der Waals surface area contributed by atoms with Crippen molar-refractivity contribution >= 4 is 5.97 Å². The van der Waals surface area contributed by atoms with Crippen LogP contribution in [0, 0.1) is 0 Å². The number of carboxylic acids is 1. The molecule has 0 aromatic heterocycles. The molecule has 2 atom stereocenters. The summed E-state index contributed by atoms with van der Waals surface area (Å²) in [6.07, 6.45) is -2.82. The summed E-state index contributed by atoms with van der Waals surface area (Å²) >= 11 is 0. The number of benzene rings is 3. The summed E-state index contributed by atoms with van der Waals surface area (Å²) in [6.45, 7) is 0.659. The number of rotatable bonds is 8. The normalized spacial score (nSPS) is 17.4. The van der Waals surface area contributed by atoms with Gasteiger partial charge in [-0.1, -0.05) is 61.0 Å². The van der Waals surface area contributed by atoms with Crippen molar-refractivity contribution in [1.29, 1.82) is 0 Å². The molecule has 0 spiro atoms. The minimum Gasteiger partial charge on any atom is -0.493 e. The van der Waals surface area contributed by atoms with Crippen molar-refractivity contribution in [3.8, 4) is 11.5 Å². The molecule has 0 radical (unpaired) electrons. The Morgan fingerprint density at radius 1 is 1.03 bits per heavy atom. The average Bonchev–Trinajstić information content (AvgIpc) is 2.88. The van der Waals surface area contributed by atoms with Gasteiger partial charge in [0.15, 0.2) is 11.5 Å². The minimum atomic E-state index is -4.59. The van der Waals surface area contributed by atoms with Gasteiger partial charge in [0.2, 0.25) is 0 Å². The predicted octanol–water partition coefficient (Wildman–Crippen LogP) is 6.32. The zero-order valence-electron chi connectivity index (χ0n) is 19.9. The van der Waals surface area contributed by atoms with E-state index in [-0.39, 0.29) is 5.56 Å². The minimum absolute atomic E-state index is 0.0122. The molecule has 0 bridgehead atoms. The molecule has 36 heavy (non-hydrogen) atoms. The van der Waals surface area contributed by atoms with Gasteiger partial charge in [0.1, 0.15) is 12.6 Å². The third kappa shape index (κ3) is 5.65. The Hall–Kier alpha value is -3.52. The maximum atomic E-state index is 14.0. The van der Waals surface area contributed by atoms with Crippen LogP contribution in [0.15, 0.2) is 72.8 Å². The number of alkyl halides is 3. The number of carboxylic acid groups (broad SMARTS) is 1. The van der Waals surface area contributed by atoms with E-state index in [1.807, 2.05) is 30.3 Å². The summed E-state index contributed by atoms with van der Waals surface area (Å²) in [5, 5.41) is 9.90. The lowest BCUT2D eigenvalue weighted by molar-refractivity contribution is -0.145. The first-order valence-electron chi connectivity index (χ1n) is 11.8. The van der Waals surface area contributed by atoms with Crippen molar-refractivity contribution in [1.82, 2.24) is 4.90 Å². The van der Waals surface area contributed by atoms with Gasteiger partial charge in [0.25, 0.3) is 0 Å². The van der Waals surface area contributed by atoms with Gasteiger partial charge in [0, 0.05) is 0 Å². The number of ether oxygens (including phenoxy) is 2. The third-order valence-corrected chi connectivity index (χ3v) is 6.46. The highest BCUT2D eigenvalue weighted by Gasteiger charge is 2.40. The molecular formula is C28H28F3NO4. The van der Waals surface area contributed by atoms with Crippen molar-refractivity contribution in [3.63, 3.8) is 0 Å². The molecule has 1 N–H and O–H groups in total. The van der Waals surface area contributed by atoms with E-state index in [0.717, 1.165) is 11.6 Å². The van der Waals surface area contributed by atoms with Crippen molar-refractivity contribution in [2.24, 2.45) is 0 Å². The van der Waals surface area contributed by atoms with E-state index in [4.69, 9.17) is 9.47 Å². The zero-order valence-corrected chi connectivity index (χ0v) is 19.9. The summed E-state index contributed by atoms with van der Waals surface area (Å²) in [7, 11) is 1.47. The average molecular weight is 500 g/mol. The Balaban J connectivity index is 1.78. The largest absolute Gasteiger partial charge is 0.493 e. The molecule has 1 aliphatic heterocycles. The molecule has 0 aliphatic carbocycles. The summed E-state index contributed by atoms with van der Waals surface area (Å²) in [5.41, 5.74) is 0.688. The van der Waals surface area contributed by atoms with E-state index in [2.05, 4.69) is 0 Å². The number of hydrogen-bond acceptors (Lipinski definition) is 4. The fraction of sp³-hybridized carbons (Fsp3) is 0.321. The molecule has 1 aliphatic rings. The van der Waals surface area contributed by atoms with Gasteiger partial charge in [-0.15, -0.1) is 0 Å². The second-order valence-electron chi connectivity index (χ2n) is 8.76. The number of nitrogens with zero attached hydrogens (tertiary/aromatic N) is 1. The van der Waals surface area contributed by atoms with Crippen molar-refractivity contribution in [2.45, 2.75) is 44.1 Å². The first-order valence-corrected chi connectivity index (χ1v) is 11.8. The van der Waals surface area contributed by atoms with E-state index >= 15 is 0 Å². The van der Waals surface area contributed by atoms with E-state index < -0.39 is 29.8 Å². The summed E-state index contributed by atoms with van der Waals surface area (Å²) in [6, 6.07) is 18.1. The van der Waals surface area contributed by atoms with E-state index in [1.165, 1.54) is 19.2 Å². The Labute approximate surface area is 208 Å². The number of methoxy groups -OCH3 is 1. The van der Waals surface area contributed by atoms with Crippen LogP contribution >= 0.6 is 0 Å². The van der Waals surface area contributed by atoms with Crippen LogP contribution in [0.1, 0.15) is 47.6 Å². The number of piperidine rings is 1. The molecule has 4 rings (SSSR count). The molecule has 1 saturated heterocycles. The van der Waals surface area contributed by atoms with E-state index in [0.29, 0.717) is 49.5 Å². The van der Waals surface area contributed by atoms with Crippen LogP contribution in [-0.4, -0.2) is 35.7 Å². The van der Waals surface area contributed by atoms with Crippen LogP contribution in [0.3, 0.4) is 0 Å². The lowest BCUT2D eigenvalue weighted by Crippen LogP contribution is -2.47. The maximum absolute atomic E-state index is 14.0. The second kappa shape index (κ2) is 11.0. The molecule has 1 fully saturated rings. The van der Waals surface area contributed by atoms with Gasteiger partial charge < -0.3 is 14.6 Å². The van der Waals surface area contributed by atoms with Crippen LogP contribution in [0.4, 0.5) is 13.2 Å². The molecule has 0 saturated carbocycles. The third-order valence-electron chi connectivity index (χ3n) is 6.46. The smallest absolute Gasteiger partial charge is 0.416 e. The Bertz CT molecular complexity index is 1180. The monoisotopic (exact) mass is 499 g/mol. The van der Waals surface area contributed by atoms with Gasteiger partial charge in [-0.25, -0.2) is 0 Å². The number of hydrogen-bond donors (Lipinski definition) is 1. The Morgan fingerprint density at radius 2 is 1.75 bits per heavy atom. The number of aliphatic carboxylic acids is 1. The van der Waals surface area contributed by atoms with Crippen LogP contribution in [0.5, 0.6) is 11.5 Å². The van der Waals surface area contributed by atoms with E-state index in [1.54, 1.807) is 29.2 Å². The van der Waals surface area contributed by atoms with Gasteiger partial charge >= 0.3 is 12.1 Å². The Kier molecular flexibility index (Phi) is 7.84. The summed E-state index contributed by atoms with van der Waals surface area (Å²) in [5.74, 6) is -0.234. The number of halogens is 3. The van der Waals surface area contributed by atoms with E-state index in [9.17, 15) is 23.1 Å². The molecule has 8 heteroatoms. The van der Waals surface area contributed by atoms with Gasteiger partial charge in [-0.05, 0) is 54.3 Å². The van der Waals surface area contributed by atoms with Crippen molar-refractivity contribution < 1.29 is 32.5 Å². The lowest BCUT2D eigenvalue weighted by Gasteiger charge is -2.40. The van der Waals surface area contributed by atoms with Crippen LogP contribution < -0.4 is 9.47 Å². The number of likely N-dealkylation sites (tertiary alicyclic amines) is 1. The van der Waals surface area contributed by atoms with Gasteiger partial charge in [-0.2, -0.15) is 13.2 Å². The molecule has 3 aromatic rings. The second-order valence-corrected chi connectivity index (χ2v) is 8.76. The fourth-order valence-electron chi connectivity index (χ4n) is 4.78. The Morgan fingerprint density at radius 3 is 2.44 bits per heavy atom. The van der Waals surface area contributed by atoms with Crippen molar-refractivity contribution in [2.75, 3.05) is 13.7 Å². The highest BCUT2D eigenvalue weighted by molar-refractivity contribution is 5.74. The quantitative estimate of drug-likeness (QED) is 0.393. The molecule has 190 valence electrons. The lowest BCUT2D eigenvalue weighted by atomic mass is 9.89. The summed E-state index contributed by atoms with van der Waals surface area (Å²) in [4.78, 5) is 13.8. The standard InChI is InChI=1S/C28H28F3NO4/c1-35-25-17-20(14-15-24(25)36-18-19-9-3-2-4-10-19)26(32-16-8-7-13-23(32)27(33)34)21-11-5-6-12-22(21)28(29,30)31/h2-6,9-12,14-15,17,23,26H,7-8,13,16,18H2,1H3,(H,33,34).